The number of amides is 2. The molecular weight excluding hydrogens is 228 g/mol. The predicted octanol–water partition coefficient (Wildman–Crippen LogP) is 1.89. The molecule has 1 aliphatic heterocycles. The lowest BCUT2D eigenvalue weighted by Gasteiger charge is -2.22. The standard InChI is InChI=1S/C14H26N2O2/c1-4-7-8-9-16-11-12(10-13(16)17)14(18)15(5-2)6-3/h12H,4-11H2,1-3H3. The summed E-state index contributed by atoms with van der Waals surface area (Å²) in [6.45, 7) is 9.02. The highest BCUT2D eigenvalue weighted by Crippen LogP contribution is 2.20. The van der Waals surface area contributed by atoms with Crippen LogP contribution in [-0.4, -0.2) is 47.8 Å². The van der Waals surface area contributed by atoms with Gasteiger partial charge in [0.15, 0.2) is 0 Å². The van der Waals surface area contributed by atoms with Crippen LogP contribution < -0.4 is 0 Å². The van der Waals surface area contributed by atoms with Gasteiger partial charge in [-0.3, -0.25) is 9.59 Å². The van der Waals surface area contributed by atoms with E-state index in [4.69, 9.17) is 0 Å². The highest BCUT2D eigenvalue weighted by atomic mass is 16.2. The Bertz CT molecular complexity index is 288. The van der Waals surface area contributed by atoms with Gasteiger partial charge in [-0.05, 0) is 20.3 Å². The molecule has 0 bridgehead atoms. The Labute approximate surface area is 110 Å². The maximum Gasteiger partial charge on any atom is 0.227 e. The first-order valence-corrected chi connectivity index (χ1v) is 7.20. The summed E-state index contributed by atoms with van der Waals surface area (Å²) in [4.78, 5) is 27.7. The normalized spacial score (nSPS) is 19.4. The molecular formula is C14H26N2O2. The number of unbranched alkanes of at least 4 members (excludes halogenated alkanes) is 2. The molecule has 0 aliphatic carbocycles. The number of hydrogen-bond acceptors (Lipinski definition) is 2. The van der Waals surface area contributed by atoms with Gasteiger partial charge in [0.25, 0.3) is 0 Å². The number of carbonyl (C=O) groups is 2. The van der Waals surface area contributed by atoms with Gasteiger partial charge in [0.2, 0.25) is 11.8 Å². The van der Waals surface area contributed by atoms with E-state index in [9.17, 15) is 9.59 Å². The molecule has 0 aromatic carbocycles. The Balaban J connectivity index is 2.47. The summed E-state index contributed by atoms with van der Waals surface area (Å²) in [6.07, 6.45) is 3.76. The zero-order valence-electron chi connectivity index (χ0n) is 11.9. The van der Waals surface area contributed by atoms with Crippen molar-refractivity contribution in [1.29, 1.82) is 0 Å². The van der Waals surface area contributed by atoms with Crippen LogP contribution in [0.3, 0.4) is 0 Å². The van der Waals surface area contributed by atoms with Gasteiger partial charge in [-0.15, -0.1) is 0 Å². The zero-order chi connectivity index (χ0) is 13.5. The van der Waals surface area contributed by atoms with Crippen LogP contribution in [0.5, 0.6) is 0 Å². The second-order valence-corrected chi connectivity index (χ2v) is 4.96. The minimum absolute atomic E-state index is 0.112. The van der Waals surface area contributed by atoms with Gasteiger partial charge in [0.1, 0.15) is 0 Å². The Morgan fingerprint density at radius 3 is 2.50 bits per heavy atom. The van der Waals surface area contributed by atoms with E-state index < -0.39 is 0 Å². The molecule has 0 N–H and O–H groups in total. The lowest BCUT2D eigenvalue weighted by atomic mass is 10.1. The Hall–Kier alpha value is -1.06. The van der Waals surface area contributed by atoms with E-state index in [2.05, 4.69) is 6.92 Å². The SMILES string of the molecule is CCCCCN1CC(C(=O)N(CC)CC)CC1=O. The summed E-state index contributed by atoms with van der Waals surface area (Å²) in [5.74, 6) is 0.182. The molecule has 0 radical (unpaired) electrons. The molecule has 1 saturated heterocycles. The van der Waals surface area contributed by atoms with Gasteiger partial charge in [-0.1, -0.05) is 19.8 Å². The van der Waals surface area contributed by atoms with E-state index in [1.807, 2.05) is 23.6 Å². The lowest BCUT2D eigenvalue weighted by Crippen LogP contribution is -2.37. The molecule has 1 atom stereocenters. The van der Waals surface area contributed by atoms with Crippen LogP contribution in [0.2, 0.25) is 0 Å². The molecule has 104 valence electrons. The van der Waals surface area contributed by atoms with Gasteiger partial charge in [-0.2, -0.15) is 0 Å². The Morgan fingerprint density at radius 1 is 1.28 bits per heavy atom. The molecule has 1 fully saturated rings. The smallest absolute Gasteiger partial charge is 0.227 e. The summed E-state index contributed by atoms with van der Waals surface area (Å²) < 4.78 is 0. The van der Waals surface area contributed by atoms with Crippen LogP contribution in [0.15, 0.2) is 0 Å². The number of likely N-dealkylation sites (tertiary alicyclic amines) is 1. The van der Waals surface area contributed by atoms with Crippen LogP contribution in [-0.2, 0) is 9.59 Å². The fourth-order valence-corrected chi connectivity index (χ4v) is 2.50. The first kappa shape index (κ1) is 15.0. The van der Waals surface area contributed by atoms with Gasteiger partial charge in [-0.25, -0.2) is 0 Å². The number of rotatable bonds is 7. The summed E-state index contributed by atoms with van der Waals surface area (Å²) in [7, 11) is 0. The van der Waals surface area contributed by atoms with Gasteiger partial charge < -0.3 is 9.80 Å². The Kier molecular flexibility index (Phi) is 6.16. The highest BCUT2D eigenvalue weighted by Gasteiger charge is 2.35. The highest BCUT2D eigenvalue weighted by molar-refractivity contribution is 5.89. The maximum atomic E-state index is 12.2. The molecule has 18 heavy (non-hydrogen) atoms. The monoisotopic (exact) mass is 254 g/mol. The van der Waals surface area contributed by atoms with Crippen molar-refractivity contribution < 1.29 is 9.59 Å². The van der Waals surface area contributed by atoms with E-state index in [0.717, 1.165) is 38.9 Å². The largest absolute Gasteiger partial charge is 0.343 e. The molecule has 0 aromatic rings. The van der Waals surface area contributed by atoms with Gasteiger partial charge in [0.05, 0.1) is 5.92 Å². The summed E-state index contributed by atoms with van der Waals surface area (Å²) in [5, 5.41) is 0. The summed E-state index contributed by atoms with van der Waals surface area (Å²) >= 11 is 0. The lowest BCUT2D eigenvalue weighted by molar-refractivity contribution is -0.135. The van der Waals surface area contributed by atoms with E-state index in [1.165, 1.54) is 0 Å². The predicted molar refractivity (Wildman–Crippen MR) is 72.1 cm³/mol. The molecule has 2 amide bonds. The minimum Gasteiger partial charge on any atom is -0.343 e. The van der Waals surface area contributed by atoms with Gasteiger partial charge in [0, 0.05) is 32.6 Å². The fourth-order valence-electron chi connectivity index (χ4n) is 2.50. The van der Waals surface area contributed by atoms with E-state index >= 15 is 0 Å². The minimum atomic E-state index is -0.112. The molecule has 0 aromatic heterocycles. The van der Waals surface area contributed by atoms with Crippen molar-refractivity contribution in [2.45, 2.75) is 46.5 Å². The first-order chi connectivity index (χ1) is 8.63. The van der Waals surface area contributed by atoms with Crippen molar-refractivity contribution in [2.24, 2.45) is 5.92 Å². The van der Waals surface area contributed by atoms with Crippen LogP contribution in [0.4, 0.5) is 0 Å². The number of hydrogen-bond donors (Lipinski definition) is 0. The van der Waals surface area contributed by atoms with Gasteiger partial charge >= 0.3 is 0 Å². The third-order valence-corrected chi connectivity index (χ3v) is 3.67. The third-order valence-electron chi connectivity index (χ3n) is 3.67. The van der Waals surface area contributed by atoms with Crippen molar-refractivity contribution in [3.63, 3.8) is 0 Å². The molecule has 1 unspecified atom stereocenters. The van der Waals surface area contributed by atoms with E-state index in [1.54, 1.807) is 0 Å². The second-order valence-electron chi connectivity index (χ2n) is 4.96. The first-order valence-electron chi connectivity index (χ1n) is 7.20. The molecule has 0 saturated carbocycles. The molecule has 1 rings (SSSR count). The van der Waals surface area contributed by atoms with E-state index in [0.29, 0.717) is 13.0 Å². The quantitative estimate of drug-likeness (QED) is 0.651. The van der Waals surface area contributed by atoms with Crippen molar-refractivity contribution >= 4 is 11.8 Å². The van der Waals surface area contributed by atoms with Crippen LogP contribution in [0.1, 0.15) is 46.5 Å². The van der Waals surface area contributed by atoms with Crippen LogP contribution in [0.25, 0.3) is 0 Å². The number of carbonyl (C=O) groups excluding carboxylic acids is 2. The summed E-state index contributed by atoms with van der Waals surface area (Å²) in [6, 6.07) is 0. The average molecular weight is 254 g/mol. The molecule has 0 spiro atoms. The van der Waals surface area contributed by atoms with Crippen LogP contribution >= 0.6 is 0 Å². The summed E-state index contributed by atoms with van der Waals surface area (Å²) in [5.41, 5.74) is 0. The molecule has 1 heterocycles. The second kappa shape index (κ2) is 7.39. The topological polar surface area (TPSA) is 40.6 Å². The van der Waals surface area contributed by atoms with Crippen LogP contribution in [0, 0.1) is 5.92 Å². The van der Waals surface area contributed by atoms with Crippen molar-refractivity contribution in [1.82, 2.24) is 9.80 Å². The average Bonchev–Trinajstić information content (AvgIpc) is 2.73. The Morgan fingerprint density at radius 2 is 1.94 bits per heavy atom. The van der Waals surface area contributed by atoms with Crippen molar-refractivity contribution in [3.05, 3.63) is 0 Å². The molecule has 4 heteroatoms. The number of nitrogens with zero attached hydrogens (tertiary/aromatic N) is 2. The maximum absolute atomic E-state index is 12.2. The van der Waals surface area contributed by atoms with E-state index in [-0.39, 0.29) is 17.7 Å². The third kappa shape index (κ3) is 3.72. The fraction of sp³-hybridized carbons (Fsp3) is 0.857. The zero-order valence-corrected chi connectivity index (χ0v) is 11.9. The molecule has 1 aliphatic rings. The molecule has 4 nitrogen and oxygen atoms in total. The van der Waals surface area contributed by atoms with Crippen molar-refractivity contribution in [3.8, 4) is 0 Å². The van der Waals surface area contributed by atoms with Crippen molar-refractivity contribution in [2.75, 3.05) is 26.2 Å².